The average Bonchev–Trinajstić information content (AvgIpc) is 3.19. The third kappa shape index (κ3) is 4.16. The van der Waals surface area contributed by atoms with E-state index in [0.29, 0.717) is 5.56 Å². The van der Waals surface area contributed by atoms with E-state index in [9.17, 15) is 4.79 Å². The second-order valence-corrected chi connectivity index (χ2v) is 9.00. The molecule has 0 saturated carbocycles. The van der Waals surface area contributed by atoms with Crippen LogP contribution in [0.4, 0.5) is 5.69 Å². The number of aromatic nitrogens is 2. The molecule has 1 atom stereocenters. The number of nitrogens with one attached hydrogen (secondary N) is 3. The summed E-state index contributed by atoms with van der Waals surface area (Å²) in [5, 5.41) is 8.11. The zero-order valence-corrected chi connectivity index (χ0v) is 18.4. The number of aromatic amines is 1. The van der Waals surface area contributed by atoms with Crippen molar-refractivity contribution in [1.29, 1.82) is 0 Å². The maximum Gasteiger partial charge on any atom is 0.254 e. The first-order chi connectivity index (χ1) is 14.4. The number of fused-ring (bicyclic) bond motifs is 1. The number of hydrogen-bond acceptors (Lipinski definition) is 4. The number of amides is 1. The molecular weight excluding hydrogens is 398 g/mol. The Morgan fingerprint density at radius 1 is 1.37 bits per heavy atom. The van der Waals surface area contributed by atoms with Crippen molar-refractivity contribution in [2.75, 3.05) is 18.9 Å². The molecule has 0 radical (unpaired) electrons. The van der Waals surface area contributed by atoms with Crippen molar-refractivity contribution in [1.82, 2.24) is 20.2 Å². The van der Waals surface area contributed by atoms with Crippen molar-refractivity contribution in [3.63, 3.8) is 0 Å². The molecule has 1 saturated heterocycles. The van der Waals surface area contributed by atoms with Gasteiger partial charge in [0.1, 0.15) is 5.65 Å². The number of carbonyl (C=O) groups excluding carboxylic acids is 1. The number of anilines is 1. The number of nitrogens with zero attached hydrogens (tertiary/aromatic N) is 2. The van der Waals surface area contributed by atoms with Crippen LogP contribution in [0.1, 0.15) is 42.6 Å². The third-order valence-corrected chi connectivity index (χ3v) is 6.25. The standard InChI is InChI=1S/C23H28ClN5O/c1-23(2)12-17(8-10-29(23)14-15-5-4-6-16(24)11-15)28-20-18-7-9-26-21(18)27-13-19(20)22(30)25-3/h4-7,9,11,13,17H,8,10,12,14H2,1-3H3,(H,25,30)(H2,26,27,28). The van der Waals surface area contributed by atoms with E-state index in [-0.39, 0.29) is 17.5 Å². The van der Waals surface area contributed by atoms with Crippen LogP contribution in [0, 0.1) is 0 Å². The monoisotopic (exact) mass is 425 g/mol. The van der Waals surface area contributed by atoms with E-state index in [4.69, 9.17) is 11.6 Å². The Balaban J connectivity index is 1.54. The van der Waals surface area contributed by atoms with E-state index in [1.54, 1.807) is 13.2 Å². The van der Waals surface area contributed by atoms with Gasteiger partial charge in [0.05, 0.1) is 11.3 Å². The Kier molecular flexibility index (Phi) is 5.71. The molecule has 30 heavy (non-hydrogen) atoms. The zero-order chi connectivity index (χ0) is 21.3. The number of pyridine rings is 1. The predicted octanol–water partition coefficient (Wildman–Crippen LogP) is 4.43. The highest BCUT2D eigenvalue weighted by Gasteiger charge is 2.35. The first kappa shape index (κ1) is 20.7. The molecule has 1 aromatic carbocycles. The van der Waals surface area contributed by atoms with E-state index < -0.39 is 0 Å². The fourth-order valence-electron chi connectivity index (χ4n) is 4.39. The lowest BCUT2D eigenvalue weighted by Gasteiger charge is -2.46. The predicted molar refractivity (Wildman–Crippen MR) is 122 cm³/mol. The summed E-state index contributed by atoms with van der Waals surface area (Å²) in [4.78, 5) is 22.5. The molecule has 0 aliphatic carbocycles. The smallest absolute Gasteiger partial charge is 0.254 e. The lowest BCUT2D eigenvalue weighted by molar-refractivity contribution is 0.0630. The third-order valence-electron chi connectivity index (χ3n) is 6.02. The highest BCUT2D eigenvalue weighted by molar-refractivity contribution is 6.30. The molecule has 7 heteroatoms. The van der Waals surface area contributed by atoms with Gasteiger partial charge in [-0.1, -0.05) is 23.7 Å². The van der Waals surface area contributed by atoms with E-state index in [0.717, 1.165) is 47.7 Å². The van der Waals surface area contributed by atoms with Crippen LogP contribution in [0.15, 0.2) is 42.7 Å². The number of halogens is 1. The van der Waals surface area contributed by atoms with Crippen molar-refractivity contribution in [2.45, 2.75) is 44.8 Å². The fraction of sp³-hybridized carbons (Fsp3) is 0.391. The number of H-pyrrole nitrogens is 1. The SMILES string of the molecule is CNC(=O)c1cnc2[nH]ccc2c1NC1CCN(Cc2cccc(Cl)c2)C(C)(C)C1. The Labute approximate surface area is 182 Å². The van der Waals surface area contributed by atoms with Gasteiger partial charge in [-0.15, -0.1) is 0 Å². The van der Waals surface area contributed by atoms with Gasteiger partial charge in [-0.25, -0.2) is 4.98 Å². The van der Waals surface area contributed by atoms with Gasteiger partial charge in [-0.05, 0) is 50.5 Å². The second-order valence-electron chi connectivity index (χ2n) is 8.56. The van der Waals surface area contributed by atoms with Crippen LogP contribution in [-0.4, -0.2) is 45.9 Å². The van der Waals surface area contributed by atoms with Gasteiger partial charge in [0, 0.05) is 54.5 Å². The highest BCUT2D eigenvalue weighted by Crippen LogP contribution is 2.33. The van der Waals surface area contributed by atoms with E-state index in [1.165, 1.54) is 5.56 Å². The van der Waals surface area contributed by atoms with Crippen molar-refractivity contribution < 1.29 is 4.79 Å². The van der Waals surface area contributed by atoms with Crippen LogP contribution < -0.4 is 10.6 Å². The van der Waals surface area contributed by atoms with Crippen LogP contribution in [0.25, 0.3) is 11.0 Å². The molecule has 3 N–H and O–H groups in total. The summed E-state index contributed by atoms with van der Waals surface area (Å²) in [6, 6.07) is 10.3. The number of benzene rings is 1. The van der Waals surface area contributed by atoms with Crippen molar-refractivity contribution in [3.05, 3.63) is 58.9 Å². The minimum atomic E-state index is -0.134. The average molecular weight is 426 g/mol. The molecule has 1 unspecified atom stereocenters. The highest BCUT2D eigenvalue weighted by atomic mass is 35.5. The molecule has 1 fully saturated rings. The molecule has 2 aromatic heterocycles. The second kappa shape index (κ2) is 8.28. The van der Waals surface area contributed by atoms with E-state index in [1.807, 2.05) is 30.5 Å². The molecule has 1 aliphatic heterocycles. The lowest BCUT2D eigenvalue weighted by atomic mass is 9.86. The molecule has 3 heterocycles. The van der Waals surface area contributed by atoms with Crippen LogP contribution in [0.5, 0.6) is 0 Å². The summed E-state index contributed by atoms with van der Waals surface area (Å²) in [7, 11) is 1.64. The van der Waals surface area contributed by atoms with Crippen molar-refractivity contribution >= 4 is 34.2 Å². The lowest BCUT2D eigenvalue weighted by Crippen LogP contribution is -2.52. The van der Waals surface area contributed by atoms with Gasteiger partial charge < -0.3 is 15.6 Å². The van der Waals surface area contributed by atoms with Gasteiger partial charge in [-0.2, -0.15) is 0 Å². The minimum absolute atomic E-state index is 0.00963. The summed E-state index contributed by atoms with van der Waals surface area (Å²) in [5.74, 6) is -0.134. The van der Waals surface area contributed by atoms with Gasteiger partial charge in [0.25, 0.3) is 5.91 Å². The summed E-state index contributed by atoms with van der Waals surface area (Å²) in [6.45, 7) is 6.40. The number of carbonyl (C=O) groups is 1. The molecule has 3 aromatic rings. The molecular formula is C23H28ClN5O. The number of rotatable bonds is 5. The zero-order valence-electron chi connectivity index (χ0n) is 17.6. The van der Waals surface area contributed by atoms with Crippen LogP contribution in [0.2, 0.25) is 5.02 Å². The molecule has 4 rings (SSSR count). The topological polar surface area (TPSA) is 73.0 Å². The fourth-order valence-corrected chi connectivity index (χ4v) is 4.61. The molecule has 0 spiro atoms. The molecule has 0 bridgehead atoms. The molecule has 6 nitrogen and oxygen atoms in total. The van der Waals surface area contributed by atoms with Gasteiger partial charge in [0.2, 0.25) is 0 Å². The van der Waals surface area contributed by atoms with Gasteiger partial charge in [0.15, 0.2) is 0 Å². The Morgan fingerprint density at radius 3 is 2.93 bits per heavy atom. The maximum absolute atomic E-state index is 12.4. The van der Waals surface area contributed by atoms with Crippen LogP contribution in [0.3, 0.4) is 0 Å². The Bertz CT molecular complexity index is 1060. The summed E-state index contributed by atoms with van der Waals surface area (Å²) in [5.41, 5.74) is 3.44. The van der Waals surface area contributed by atoms with Crippen molar-refractivity contribution in [2.24, 2.45) is 0 Å². The molecule has 1 amide bonds. The minimum Gasteiger partial charge on any atom is -0.381 e. The first-order valence-corrected chi connectivity index (χ1v) is 10.7. The maximum atomic E-state index is 12.4. The number of hydrogen-bond donors (Lipinski definition) is 3. The summed E-state index contributed by atoms with van der Waals surface area (Å²) < 4.78 is 0. The normalized spacial score (nSPS) is 19.0. The first-order valence-electron chi connectivity index (χ1n) is 10.3. The van der Waals surface area contributed by atoms with E-state index in [2.05, 4.69) is 45.4 Å². The molecule has 1 aliphatic rings. The van der Waals surface area contributed by atoms with Crippen LogP contribution >= 0.6 is 11.6 Å². The Hall–Kier alpha value is -2.57. The summed E-state index contributed by atoms with van der Waals surface area (Å²) >= 11 is 6.17. The summed E-state index contributed by atoms with van der Waals surface area (Å²) in [6.07, 6.45) is 5.45. The van der Waals surface area contributed by atoms with E-state index >= 15 is 0 Å². The van der Waals surface area contributed by atoms with Gasteiger partial charge in [-0.3, -0.25) is 9.69 Å². The largest absolute Gasteiger partial charge is 0.381 e. The van der Waals surface area contributed by atoms with Gasteiger partial charge >= 0.3 is 0 Å². The molecule has 158 valence electrons. The quantitative estimate of drug-likeness (QED) is 0.565. The Morgan fingerprint density at radius 2 is 2.20 bits per heavy atom. The van der Waals surface area contributed by atoms with Crippen molar-refractivity contribution in [3.8, 4) is 0 Å². The van der Waals surface area contributed by atoms with Crippen LogP contribution in [-0.2, 0) is 6.54 Å². The number of likely N-dealkylation sites (tertiary alicyclic amines) is 1. The number of piperidine rings is 1.